The van der Waals surface area contributed by atoms with E-state index in [9.17, 15) is 4.79 Å². The molecule has 0 atom stereocenters. The third kappa shape index (κ3) is 4.05. The second-order valence-electron chi connectivity index (χ2n) is 4.44. The number of benzene rings is 1. The number of pyridine rings is 1. The van der Waals surface area contributed by atoms with E-state index >= 15 is 0 Å². The fraction of sp³-hybridized carbons (Fsp3) is 0.200. The minimum Gasteiger partial charge on any atom is -0.352 e. The van der Waals surface area contributed by atoms with Crippen molar-refractivity contribution < 1.29 is 4.79 Å². The van der Waals surface area contributed by atoms with Crippen molar-refractivity contribution in [1.82, 2.24) is 10.3 Å². The summed E-state index contributed by atoms with van der Waals surface area (Å²) >= 11 is 9.34. The first-order valence-electron chi connectivity index (χ1n) is 6.21. The van der Waals surface area contributed by atoms with Crippen molar-refractivity contribution in [2.75, 3.05) is 6.54 Å². The van der Waals surface area contributed by atoms with Crippen LogP contribution in [-0.4, -0.2) is 17.4 Å². The van der Waals surface area contributed by atoms with Gasteiger partial charge < -0.3 is 5.32 Å². The van der Waals surface area contributed by atoms with Gasteiger partial charge in [0.1, 0.15) is 0 Å². The number of hydrogen-bond acceptors (Lipinski definition) is 2. The SMILES string of the molecule is Cc1ccc(CCNC(=O)c2cc(Br)ccc2Cl)cn1. The van der Waals surface area contributed by atoms with Gasteiger partial charge in [-0.05, 0) is 43.2 Å². The number of rotatable bonds is 4. The van der Waals surface area contributed by atoms with Crippen LogP contribution in [0.5, 0.6) is 0 Å². The van der Waals surface area contributed by atoms with Crippen LogP contribution < -0.4 is 5.32 Å². The topological polar surface area (TPSA) is 42.0 Å². The van der Waals surface area contributed by atoms with E-state index < -0.39 is 0 Å². The molecule has 2 aromatic rings. The van der Waals surface area contributed by atoms with E-state index in [-0.39, 0.29) is 5.91 Å². The number of nitrogens with one attached hydrogen (secondary N) is 1. The fourth-order valence-electron chi connectivity index (χ4n) is 1.73. The summed E-state index contributed by atoms with van der Waals surface area (Å²) < 4.78 is 0.829. The molecule has 0 unspecified atom stereocenters. The van der Waals surface area contributed by atoms with E-state index in [4.69, 9.17) is 11.6 Å². The molecule has 1 aromatic heterocycles. The molecule has 1 aromatic carbocycles. The Morgan fingerprint density at radius 2 is 2.15 bits per heavy atom. The summed E-state index contributed by atoms with van der Waals surface area (Å²) in [6.45, 7) is 2.49. The summed E-state index contributed by atoms with van der Waals surface area (Å²) in [5, 5.41) is 3.31. The van der Waals surface area contributed by atoms with E-state index in [1.807, 2.05) is 25.3 Å². The number of amides is 1. The van der Waals surface area contributed by atoms with Gasteiger partial charge in [-0.25, -0.2) is 0 Å². The van der Waals surface area contributed by atoms with Crippen LogP contribution in [-0.2, 0) is 6.42 Å². The first-order chi connectivity index (χ1) is 9.56. The average molecular weight is 354 g/mol. The van der Waals surface area contributed by atoms with E-state index in [2.05, 4.69) is 26.2 Å². The van der Waals surface area contributed by atoms with Gasteiger partial charge in [-0.2, -0.15) is 0 Å². The number of aryl methyl sites for hydroxylation is 1. The van der Waals surface area contributed by atoms with Gasteiger partial charge in [0.05, 0.1) is 10.6 Å². The second-order valence-corrected chi connectivity index (χ2v) is 5.76. The van der Waals surface area contributed by atoms with E-state index in [0.29, 0.717) is 17.1 Å². The molecule has 20 heavy (non-hydrogen) atoms. The van der Waals surface area contributed by atoms with Gasteiger partial charge in [0.15, 0.2) is 0 Å². The van der Waals surface area contributed by atoms with Gasteiger partial charge >= 0.3 is 0 Å². The molecule has 2 rings (SSSR count). The Morgan fingerprint density at radius 3 is 2.85 bits per heavy atom. The first-order valence-corrected chi connectivity index (χ1v) is 7.38. The van der Waals surface area contributed by atoms with Gasteiger partial charge in [-0.3, -0.25) is 9.78 Å². The largest absolute Gasteiger partial charge is 0.352 e. The maximum Gasteiger partial charge on any atom is 0.252 e. The predicted octanol–water partition coefficient (Wildman–Crippen LogP) is 3.78. The molecule has 0 spiro atoms. The highest BCUT2D eigenvalue weighted by molar-refractivity contribution is 9.10. The number of hydrogen-bond donors (Lipinski definition) is 1. The molecule has 0 aliphatic rings. The lowest BCUT2D eigenvalue weighted by molar-refractivity contribution is 0.0954. The summed E-state index contributed by atoms with van der Waals surface area (Å²) in [5.74, 6) is -0.170. The van der Waals surface area contributed by atoms with E-state index in [0.717, 1.165) is 22.2 Å². The minimum absolute atomic E-state index is 0.170. The Labute approximate surface area is 131 Å². The number of carbonyl (C=O) groups excluding carboxylic acids is 1. The number of aromatic nitrogens is 1. The fourth-order valence-corrected chi connectivity index (χ4v) is 2.30. The summed E-state index contributed by atoms with van der Waals surface area (Å²) in [5.41, 5.74) is 2.55. The molecule has 0 radical (unpaired) electrons. The van der Waals surface area contributed by atoms with Gasteiger partial charge in [0.2, 0.25) is 0 Å². The normalized spacial score (nSPS) is 10.3. The van der Waals surface area contributed by atoms with Crippen molar-refractivity contribution in [3.8, 4) is 0 Å². The summed E-state index contributed by atoms with van der Waals surface area (Å²) in [7, 11) is 0. The van der Waals surface area contributed by atoms with Crippen molar-refractivity contribution in [1.29, 1.82) is 0 Å². The van der Waals surface area contributed by atoms with Gasteiger partial charge in [0, 0.05) is 22.9 Å². The van der Waals surface area contributed by atoms with Crippen LogP contribution in [0.4, 0.5) is 0 Å². The van der Waals surface area contributed by atoms with Crippen molar-refractivity contribution in [3.05, 3.63) is 62.8 Å². The van der Waals surface area contributed by atoms with Crippen LogP contribution in [0.3, 0.4) is 0 Å². The maximum atomic E-state index is 12.0. The van der Waals surface area contributed by atoms with Crippen LogP contribution >= 0.6 is 27.5 Å². The van der Waals surface area contributed by atoms with E-state index in [1.165, 1.54) is 0 Å². The Kier molecular flexibility index (Phi) is 5.15. The quantitative estimate of drug-likeness (QED) is 0.909. The zero-order valence-corrected chi connectivity index (χ0v) is 13.3. The molecule has 3 nitrogen and oxygen atoms in total. The number of nitrogens with zero attached hydrogens (tertiary/aromatic N) is 1. The Hall–Kier alpha value is -1.39. The zero-order chi connectivity index (χ0) is 14.5. The molecule has 0 fully saturated rings. The van der Waals surface area contributed by atoms with Crippen LogP contribution in [0.15, 0.2) is 41.0 Å². The van der Waals surface area contributed by atoms with Crippen LogP contribution in [0.25, 0.3) is 0 Å². The molecule has 104 valence electrons. The third-order valence-corrected chi connectivity index (χ3v) is 3.67. The third-order valence-electron chi connectivity index (χ3n) is 2.84. The molecule has 0 bridgehead atoms. The highest BCUT2D eigenvalue weighted by Gasteiger charge is 2.10. The number of carbonyl (C=O) groups is 1. The predicted molar refractivity (Wildman–Crippen MR) is 84.2 cm³/mol. The van der Waals surface area contributed by atoms with Crippen LogP contribution in [0.1, 0.15) is 21.6 Å². The standard InChI is InChI=1S/C15H14BrClN2O/c1-10-2-3-11(9-19-10)6-7-18-15(20)13-8-12(16)4-5-14(13)17/h2-5,8-9H,6-7H2,1H3,(H,18,20). The van der Waals surface area contributed by atoms with E-state index in [1.54, 1.807) is 18.2 Å². The molecule has 1 heterocycles. The molecule has 0 aliphatic heterocycles. The Bertz CT molecular complexity index is 614. The zero-order valence-electron chi connectivity index (χ0n) is 11.0. The number of halogens is 2. The van der Waals surface area contributed by atoms with Crippen molar-refractivity contribution >= 4 is 33.4 Å². The molecule has 0 saturated carbocycles. The lowest BCUT2D eigenvalue weighted by Gasteiger charge is -2.07. The van der Waals surface area contributed by atoms with Gasteiger partial charge in [-0.1, -0.05) is 33.6 Å². The maximum absolute atomic E-state index is 12.0. The molecule has 1 N–H and O–H groups in total. The van der Waals surface area contributed by atoms with Gasteiger partial charge in [0.25, 0.3) is 5.91 Å². The van der Waals surface area contributed by atoms with Crippen LogP contribution in [0, 0.1) is 6.92 Å². The summed E-state index contributed by atoms with van der Waals surface area (Å²) in [4.78, 5) is 16.3. The minimum atomic E-state index is -0.170. The van der Waals surface area contributed by atoms with Gasteiger partial charge in [-0.15, -0.1) is 0 Å². The lowest BCUT2D eigenvalue weighted by atomic mass is 10.2. The highest BCUT2D eigenvalue weighted by Crippen LogP contribution is 2.20. The van der Waals surface area contributed by atoms with Crippen molar-refractivity contribution in [2.45, 2.75) is 13.3 Å². The average Bonchev–Trinajstić information content (AvgIpc) is 2.43. The van der Waals surface area contributed by atoms with Crippen LogP contribution in [0.2, 0.25) is 5.02 Å². The molecule has 0 aliphatic carbocycles. The van der Waals surface area contributed by atoms with Crippen molar-refractivity contribution in [2.24, 2.45) is 0 Å². The Morgan fingerprint density at radius 1 is 1.35 bits per heavy atom. The molecule has 5 heteroatoms. The highest BCUT2D eigenvalue weighted by atomic mass is 79.9. The summed E-state index contributed by atoms with van der Waals surface area (Å²) in [6, 6.07) is 9.19. The Balaban J connectivity index is 1.92. The molecule has 1 amide bonds. The monoisotopic (exact) mass is 352 g/mol. The molecule has 0 saturated heterocycles. The molecular weight excluding hydrogens is 340 g/mol. The summed E-state index contributed by atoms with van der Waals surface area (Å²) in [6.07, 6.45) is 2.57. The first kappa shape index (κ1) is 15.0. The molecular formula is C15H14BrClN2O. The smallest absolute Gasteiger partial charge is 0.252 e. The second kappa shape index (κ2) is 6.86. The lowest BCUT2D eigenvalue weighted by Crippen LogP contribution is -2.26. The van der Waals surface area contributed by atoms with Crippen molar-refractivity contribution in [3.63, 3.8) is 0 Å².